The molecular formula is C11H17NO2S. The second-order valence-electron chi connectivity index (χ2n) is 3.02. The number of methoxy groups -OCH3 is 1. The van der Waals surface area contributed by atoms with Crippen molar-refractivity contribution in [3.63, 3.8) is 0 Å². The molecule has 15 heavy (non-hydrogen) atoms. The minimum Gasteiger partial charge on any atom is -0.493 e. The number of nitrogen functional groups attached to an aromatic ring is 1. The highest BCUT2D eigenvalue weighted by Gasteiger charge is 1.93. The molecule has 0 heterocycles. The summed E-state index contributed by atoms with van der Waals surface area (Å²) < 4.78 is 10.5. The van der Waals surface area contributed by atoms with Gasteiger partial charge in [-0.3, -0.25) is 0 Å². The summed E-state index contributed by atoms with van der Waals surface area (Å²) in [7, 11) is 1.71. The smallest absolute Gasteiger partial charge is 0.119 e. The molecule has 0 spiro atoms. The summed E-state index contributed by atoms with van der Waals surface area (Å²) in [5.74, 6) is 2.87. The van der Waals surface area contributed by atoms with Gasteiger partial charge in [-0.2, -0.15) is 11.8 Å². The first kappa shape index (κ1) is 12.2. The minimum atomic E-state index is 0.721. The molecule has 0 radical (unpaired) electrons. The first-order valence-electron chi connectivity index (χ1n) is 4.88. The zero-order valence-electron chi connectivity index (χ0n) is 8.94. The zero-order chi connectivity index (χ0) is 10.9. The van der Waals surface area contributed by atoms with Gasteiger partial charge in [0.25, 0.3) is 0 Å². The van der Waals surface area contributed by atoms with Gasteiger partial charge in [0.05, 0.1) is 13.2 Å². The Bertz CT molecular complexity index is 264. The highest BCUT2D eigenvalue weighted by Crippen LogP contribution is 2.13. The van der Waals surface area contributed by atoms with Crippen molar-refractivity contribution in [3.8, 4) is 5.75 Å². The molecule has 0 saturated heterocycles. The molecule has 4 heteroatoms. The van der Waals surface area contributed by atoms with Crippen LogP contribution in [0.4, 0.5) is 5.69 Å². The van der Waals surface area contributed by atoms with E-state index >= 15 is 0 Å². The fourth-order valence-electron chi connectivity index (χ4n) is 1.03. The fourth-order valence-corrected chi connectivity index (χ4v) is 1.72. The van der Waals surface area contributed by atoms with Gasteiger partial charge in [-0.05, 0) is 24.3 Å². The van der Waals surface area contributed by atoms with Gasteiger partial charge in [0.15, 0.2) is 0 Å². The Morgan fingerprint density at radius 2 is 1.80 bits per heavy atom. The molecule has 1 aromatic carbocycles. The average Bonchev–Trinajstić information content (AvgIpc) is 2.26. The van der Waals surface area contributed by atoms with Crippen LogP contribution in [0.15, 0.2) is 24.3 Å². The molecule has 1 rings (SSSR count). The van der Waals surface area contributed by atoms with Crippen LogP contribution in [-0.2, 0) is 4.74 Å². The van der Waals surface area contributed by atoms with E-state index in [1.807, 2.05) is 36.0 Å². The van der Waals surface area contributed by atoms with Gasteiger partial charge in [0.1, 0.15) is 5.75 Å². The van der Waals surface area contributed by atoms with Crippen LogP contribution in [0, 0.1) is 0 Å². The molecule has 3 nitrogen and oxygen atoms in total. The van der Waals surface area contributed by atoms with Crippen LogP contribution in [0.1, 0.15) is 0 Å². The Kier molecular flexibility index (Phi) is 6.04. The summed E-state index contributed by atoms with van der Waals surface area (Å²) in [5, 5.41) is 0. The van der Waals surface area contributed by atoms with E-state index in [1.165, 1.54) is 0 Å². The van der Waals surface area contributed by atoms with Crippen molar-refractivity contribution in [2.75, 3.05) is 37.6 Å². The highest BCUT2D eigenvalue weighted by atomic mass is 32.2. The largest absolute Gasteiger partial charge is 0.493 e. The van der Waals surface area contributed by atoms with Crippen LogP contribution in [0.25, 0.3) is 0 Å². The van der Waals surface area contributed by atoms with E-state index in [4.69, 9.17) is 15.2 Å². The van der Waals surface area contributed by atoms with Crippen LogP contribution in [0.5, 0.6) is 5.75 Å². The number of hydrogen-bond donors (Lipinski definition) is 1. The summed E-state index contributed by atoms with van der Waals surface area (Å²) in [6.45, 7) is 1.52. The fraction of sp³-hybridized carbons (Fsp3) is 0.455. The lowest BCUT2D eigenvalue weighted by molar-refractivity contribution is 0.218. The first-order valence-corrected chi connectivity index (χ1v) is 6.03. The Labute approximate surface area is 94.9 Å². The predicted octanol–water partition coefficient (Wildman–Crippen LogP) is 2.03. The van der Waals surface area contributed by atoms with Crippen molar-refractivity contribution in [2.45, 2.75) is 0 Å². The summed E-state index contributed by atoms with van der Waals surface area (Å²) in [4.78, 5) is 0. The van der Waals surface area contributed by atoms with Crippen molar-refractivity contribution in [2.24, 2.45) is 0 Å². The summed E-state index contributed by atoms with van der Waals surface area (Å²) >= 11 is 1.83. The average molecular weight is 227 g/mol. The molecular weight excluding hydrogens is 210 g/mol. The highest BCUT2D eigenvalue weighted by molar-refractivity contribution is 7.99. The second-order valence-corrected chi connectivity index (χ2v) is 4.25. The SMILES string of the molecule is COCCSCCOc1ccc(N)cc1. The molecule has 0 aliphatic rings. The van der Waals surface area contributed by atoms with Crippen molar-refractivity contribution >= 4 is 17.4 Å². The third kappa shape index (κ3) is 5.54. The van der Waals surface area contributed by atoms with E-state index < -0.39 is 0 Å². The minimum absolute atomic E-state index is 0.721. The molecule has 1 aromatic rings. The number of anilines is 1. The number of nitrogens with two attached hydrogens (primary N) is 1. The lowest BCUT2D eigenvalue weighted by Gasteiger charge is -2.05. The Hall–Kier alpha value is -0.870. The molecule has 0 unspecified atom stereocenters. The quantitative estimate of drug-likeness (QED) is 0.572. The van der Waals surface area contributed by atoms with Gasteiger partial charge >= 0.3 is 0 Å². The molecule has 0 aliphatic heterocycles. The van der Waals surface area contributed by atoms with E-state index in [0.717, 1.165) is 36.2 Å². The van der Waals surface area contributed by atoms with Crippen molar-refractivity contribution < 1.29 is 9.47 Å². The Balaban J connectivity index is 2.07. The van der Waals surface area contributed by atoms with E-state index in [1.54, 1.807) is 7.11 Å². The maximum absolute atomic E-state index is 5.56. The van der Waals surface area contributed by atoms with Crippen LogP contribution in [-0.4, -0.2) is 31.8 Å². The summed E-state index contributed by atoms with van der Waals surface area (Å²) in [5.41, 5.74) is 6.32. The van der Waals surface area contributed by atoms with Crippen molar-refractivity contribution in [1.29, 1.82) is 0 Å². The van der Waals surface area contributed by atoms with Gasteiger partial charge in [0.2, 0.25) is 0 Å². The van der Waals surface area contributed by atoms with E-state index in [2.05, 4.69) is 0 Å². The van der Waals surface area contributed by atoms with Gasteiger partial charge in [-0.25, -0.2) is 0 Å². The van der Waals surface area contributed by atoms with Crippen LogP contribution >= 0.6 is 11.8 Å². The van der Waals surface area contributed by atoms with Crippen LogP contribution < -0.4 is 10.5 Å². The molecule has 0 saturated carbocycles. The first-order chi connectivity index (χ1) is 7.33. The third-order valence-corrected chi connectivity index (χ3v) is 2.72. The number of rotatable bonds is 7. The molecule has 0 aliphatic carbocycles. The summed E-state index contributed by atoms with van der Waals surface area (Å²) in [6, 6.07) is 7.45. The van der Waals surface area contributed by atoms with Gasteiger partial charge in [-0.1, -0.05) is 0 Å². The molecule has 84 valence electrons. The van der Waals surface area contributed by atoms with Crippen molar-refractivity contribution in [3.05, 3.63) is 24.3 Å². The monoisotopic (exact) mass is 227 g/mol. The van der Waals surface area contributed by atoms with Crippen LogP contribution in [0.2, 0.25) is 0 Å². The van der Waals surface area contributed by atoms with E-state index in [-0.39, 0.29) is 0 Å². The van der Waals surface area contributed by atoms with Gasteiger partial charge in [0, 0.05) is 24.3 Å². The Morgan fingerprint density at radius 3 is 2.47 bits per heavy atom. The molecule has 0 amide bonds. The Morgan fingerprint density at radius 1 is 1.13 bits per heavy atom. The molecule has 0 atom stereocenters. The van der Waals surface area contributed by atoms with Crippen molar-refractivity contribution in [1.82, 2.24) is 0 Å². The number of hydrogen-bond acceptors (Lipinski definition) is 4. The maximum Gasteiger partial charge on any atom is 0.119 e. The predicted molar refractivity (Wildman–Crippen MR) is 65.6 cm³/mol. The lowest BCUT2D eigenvalue weighted by Crippen LogP contribution is -2.02. The summed E-state index contributed by atoms with van der Waals surface area (Å²) in [6.07, 6.45) is 0. The zero-order valence-corrected chi connectivity index (χ0v) is 9.76. The van der Waals surface area contributed by atoms with Gasteiger partial charge in [-0.15, -0.1) is 0 Å². The number of thioether (sulfide) groups is 1. The molecule has 0 fully saturated rings. The van der Waals surface area contributed by atoms with E-state index in [0.29, 0.717) is 0 Å². The van der Waals surface area contributed by atoms with Crippen LogP contribution in [0.3, 0.4) is 0 Å². The normalized spacial score (nSPS) is 10.2. The third-order valence-electron chi connectivity index (χ3n) is 1.81. The molecule has 0 aromatic heterocycles. The standard InChI is InChI=1S/C11H17NO2S/c1-13-6-8-15-9-7-14-11-4-2-10(12)3-5-11/h2-5H,6-9,12H2,1H3. The van der Waals surface area contributed by atoms with E-state index in [9.17, 15) is 0 Å². The topological polar surface area (TPSA) is 44.5 Å². The van der Waals surface area contributed by atoms with Gasteiger partial charge < -0.3 is 15.2 Å². The second kappa shape index (κ2) is 7.43. The molecule has 2 N–H and O–H groups in total. The molecule has 0 bridgehead atoms. The number of ether oxygens (including phenoxy) is 2. The number of benzene rings is 1. The lowest BCUT2D eigenvalue weighted by atomic mass is 10.3. The maximum atomic E-state index is 5.56.